The van der Waals surface area contributed by atoms with Crippen LogP contribution in [-0.4, -0.2) is 19.3 Å². The van der Waals surface area contributed by atoms with Gasteiger partial charge in [-0.05, 0) is 46.3 Å². The first-order valence-electron chi connectivity index (χ1n) is 5.15. The van der Waals surface area contributed by atoms with E-state index < -0.39 is 10.0 Å². The summed E-state index contributed by atoms with van der Waals surface area (Å²) in [6.07, 6.45) is 1.63. The maximum absolute atomic E-state index is 11.8. The van der Waals surface area contributed by atoms with Gasteiger partial charge < -0.3 is 10.3 Å². The van der Waals surface area contributed by atoms with Gasteiger partial charge in [0.05, 0.1) is 10.6 Å². The number of H-pyrrole nitrogens is 1. The van der Waals surface area contributed by atoms with Gasteiger partial charge in [0.1, 0.15) is 5.69 Å². The van der Waals surface area contributed by atoms with Crippen LogP contribution in [0.4, 0.5) is 5.69 Å². The van der Waals surface area contributed by atoms with Gasteiger partial charge in [-0.3, -0.25) is 4.79 Å². The third-order valence-corrected chi connectivity index (χ3v) is 3.93. The van der Waals surface area contributed by atoms with E-state index in [1.165, 1.54) is 18.2 Å². The lowest BCUT2D eigenvalue weighted by Gasteiger charge is -2.07. The number of hydrogen-bond acceptors (Lipinski definition) is 3. The van der Waals surface area contributed by atoms with Crippen LogP contribution in [0.1, 0.15) is 10.5 Å². The molecule has 1 aromatic heterocycles. The lowest BCUT2D eigenvalue weighted by molar-refractivity contribution is 0.102. The molecular weight excluding hydrogens is 334 g/mol. The number of aromatic nitrogens is 1. The Morgan fingerprint density at radius 1 is 1.32 bits per heavy atom. The molecule has 8 heteroatoms. The van der Waals surface area contributed by atoms with Crippen molar-refractivity contribution in [1.29, 1.82) is 0 Å². The summed E-state index contributed by atoms with van der Waals surface area (Å²) in [5.74, 6) is -0.325. The number of amides is 1. The quantitative estimate of drug-likeness (QED) is 0.789. The molecule has 2 aromatic rings. The molecule has 0 bridgehead atoms. The number of nitrogens with two attached hydrogens (primary N) is 1. The molecule has 0 aliphatic heterocycles. The number of nitrogens with one attached hydrogen (secondary N) is 2. The summed E-state index contributed by atoms with van der Waals surface area (Å²) >= 11 is 3.19. The average Bonchev–Trinajstić information content (AvgIpc) is 2.84. The Balaban J connectivity index is 2.25. The van der Waals surface area contributed by atoms with Crippen LogP contribution in [0.3, 0.4) is 0 Å². The Labute approximate surface area is 118 Å². The Hall–Kier alpha value is -1.64. The molecule has 2 rings (SSSR count). The maximum Gasteiger partial charge on any atom is 0.272 e. The van der Waals surface area contributed by atoms with Gasteiger partial charge in [-0.25, -0.2) is 13.6 Å². The van der Waals surface area contributed by atoms with Crippen molar-refractivity contribution in [3.05, 3.63) is 46.7 Å². The number of halogens is 1. The van der Waals surface area contributed by atoms with E-state index in [-0.39, 0.29) is 10.8 Å². The fourth-order valence-corrected chi connectivity index (χ4v) is 2.60. The van der Waals surface area contributed by atoms with Crippen LogP contribution in [0, 0.1) is 0 Å². The Morgan fingerprint density at radius 2 is 2.05 bits per heavy atom. The van der Waals surface area contributed by atoms with Gasteiger partial charge in [0, 0.05) is 10.7 Å². The smallest absolute Gasteiger partial charge is 0.272 e. The largest absolute Gasteiger partial charge is 0.357 e. The van der Waals surface area contributed by atoms with E-state index in [1.807, 2.05) is 0 Å². The van der Waals surface area contributed by atoms with Crippen molar-refractivity contribution in [2.75, 3.05) is 5.32 Å². The number of benzene rings is 1. The number of carbonyl (C=O) groups excluding carboxylic acids is 1. The second-order valence-electron chi connectivity index (χ2n) is 3.72. The lowest BCUT2D eigenvalue weighted by Crippen LogP contribution is -2.14. The standard InChI is InChI=1S/C11H10BrN3O3S/c12-8-6-7(19(13,17)18)3-4-9(8)15-11(16)10-2-1-5-14-10/h1-6,14H,(H,15,16)(H2,13,17,18). The number of rotatable bonds is 3. The van der Waals surface area contributed by atoms with Gasteiger partial charge in [-0.1, -0.05) is 0 Å². The number of carbonyl (C=O) groups is 1. The van der Waals surface area contributed by atoms with Crippen LogP contribution >= 0.6 is 15.9 Å². The van der Waals surface area contributed by atoms with Gasteiger partial charge >= 0.3 is 0 Å². The van der Waals surface area contributed by atoms with Crippen LogP contribution in [0.2, 0.25) is 0 Å². The lowest BCUT2D eigenvalue weighted by atomic mass is 10.3. The summed E-state index contributed by atoms with van der Waals surface area (Å²) in [6, 6.07) is 7.45. The molecule has 0 spiro atoms. The molecule has 0 saturated carbocycles. The SMILES string of the molecule is NS(=O)(=O)c1ccc(NC(=O)c2ccc[nH]2)c(Br)c1. The van der Waals surface area contributed by atoms with Crippen molar-refractivity contribution in [3.8, 4) is 0 Å². The minimum atomic E-state index is -3.76. The molecule has 0 aliphatic carbocycles. The second-order valence-corrected chi connectivity index (χ2v) is 6.14. The molecule has 0 unspecified atom stereocenters. The monoisotopic (exact) mass is 343 g/mol. The van der Waals surface area contributed by atoms with E-state index in [0.717, 1.165) is 0 Å². The molecular formula is C11H10BrN3O3S. The second kappa shape index (κ2) is 5.16. The summed E-state index contributed by atoms with van der Waals surface area (Å²) in [4.78, 5) is 14.5. The molecule has 0 atom stereocenters. The van der Waals surface area contributed by atoms with Crippen molar-refractivity contribution < 1.29 is 13.2 Å². The zero-order valence-corrected chi connectivity index (χ0v) is 12.0. The molecule has 19 heavy (non-hydrogen) atoms. The van der Waals surface area contributed by atoms with Crippen LogP contribution in [0.15, 0.2) is 45.9 Å². The van der Waals surface area contributed by atoms with Gasteiger partial charge in [-0.15, -0.1) is 0 Å². The van der Waals surface area contributed by atoms with Crippen LogP contribution in [0.25, 0.3) is 0 Å². The Morgan fingerprint density at radius 3 is 2.58 bits per heavy atom. The number of aromatic amines is 1. The number of hydrogen-bond donors (Lipinski definition) is 3. The van der Waals surface area contributed by atoms with Gasteiger partial charge in [0.15, 0.2) is 0 Å². The molecule has 1 heterocycles. The van der Waals surface area contributed by atoms with E-state index in [2.05, 4.69) is 26.2 Å². The summed E-state index contributed by atoms with van der Waals surface area (Å²) in [7, 11) is -3.76. The molecule has 1 aromatic carbocycles. The van der Waals surface area contributed by atoms with Crippen molar-refractivity contribution in [2.45, 2.75) is 4.90 Å². The molecule has 1 amide bonds. The highest BCUT2D eigenvalue weighted by Crippen LogP contribution is 2.25. The predicted molar refractivity (Wildman–Crippen MR) is 74.3 cm³/mol. The number of sulfonamides is 1. The maximum atomic E-state index is 11.8. The first kappa shape index (κ1) is 13.8. The summed E-state index contributed by atoms with van der Waals surface area (Å²) in [5, 5.41) is 7.65. The zero-order chi connectivity index (χ0) is 14.0. The fourth-order valence-electron chi connectivity index (χ4n) is 1.44. The minimum absolute atomic E-state index is 0.0303. The minimum Gasteiger partial charge on any atom is -0.357 e. The first-order valence-corrected chi connectivity index (χ1v) is 7.49. The third-order valence-electron chi connectivity index (χ3n) is 2.36. The van der Waals surface area contributed by atoms with Crippen LogP contribution < -0.4 is 10.5 Å². The summed E-state index contributed by atoms with van der Waals surface area (Å²) in [5.41, 5.74) is 0.856. The highest BCUT2D eigenvalue weighted by molar-refractivity contribution is 9.10. The zero-order valence-electron chi connectivity index (χ0n) is 9.55. The summed E-state index contributed by atoms with van der Waals surface area (Å²) < 4.78 is 22.8. The van der Waals surface area contributed by atoms with E-state index in [4.69, 9.17) is 5.14 Å². The molecule has 0 radical (unpaired) electrons. The topological polar surface area (TPSA) is 105 Å². The van der Waals surface area contributed by atoms with Gasteiger partial charge in [0.2, 0.25) is 10.0 Å². The Kier molecular flexibility index (Phi) is 3.74. The first-order chi connectivity index (χ1) is 8.88. The molecule has 0 saturated heterocycles. The third kappa shape index (κ3) is 3.22. The predicted octanol–water partition coefficient (Wildman–Crippen LogP) is 1.68. The van der Waals surface area contributed by atoms with Gasteiger partial charge in [0.25, 0.3) is 5.91 Å². The van der Waals surface area contributed by atoms with Crippen LogP contribution in [0.5, 0.6) is 0 Å². The normalized spacial score (nSPS) is 11.3. The number of anilines is 1. The van der Waals surface area contributed by atoms with Crippen molar-refractivity contribution in [1.82, 2.24) is 4.98 Å². The van der Waals surface area contributed by atoms with E-state index in [1.54, 1.807) is 18.3 Å². The molecule has 6 nitrogen and oxygen atoms in total. The highest BCUT2D eigenvalue weighted by atomic mass is 79.9. The molecule has 4 N–H and O–H groups in total. The fraction of sp³-hybridized carbons (Fsp3) is 0. The average molecular weight is 344 g/mol. The Bertz CT molecular complexity index is 711. The molecule has 0 fully saturated rings. The molecule has 0 aliphatic rings. The highest BCUT2D eigenvalue weighted by Gasteiger charge is 2.12. The van der Waals surface area contributed by atoms with Crippen molar-refractivity contribution >= 4 is 37.5 Å². The van der Waals surface area contributed by atoms with Crippen molar-refractivity contribution in [2.24, 2.45) is 5.14 Å². The summed E-state index contributed by atoms with van der Waals surface area (Å²) in [6.45, 7) is 0. The van der Waals surface area contributed by atoms with E-state index >= 15 is 0 Å². The van der Waals surface area contributed by atoms with E-state index in [0.29, 0.717) is 15.9 Å². The molecule has 100 valence electrons. The van der Waals surface area contributed by atoms with E-state index in [9.17, 15) is 13.2 Å². The van der Waals surface area contributed by atoms with Crippen LogP contribution in [-0.2, 0) is 10.0 Å². The van der Waals surface area contributed by atoms with Crippen molar-refractivity contribution in [3.63, 3.8) is 0 Å². The number of primary sulfonamides is 1. The van der Waals surface area contributed by atoms with Gasteiger partial charge in [-0.2, -0.15) is 0 Å².